The number of benzene rings is 1. The van der Waals surface area contributed by atoms with Gasteiger partial charge in [0.05, 0.1) is 5.56 Å². The van der Waals surface area contributed by atoms with Gasteiger partial charge in [-0.05, 0) is 24.7 Å². The fourth-order valence-electron chi connectivity index (χ4n) is 3.00. The molecule has 0 saturated heterocycles. The van der Waals surface area contributed by atoms with Crippen molar-refractivity contribution in [3.63, 3.8) is 0 Å². The van der Waals surface area contributed by atoms with Gasteiger partial charge < -0.3 is 10.3 Å². The predicted molar refractivity (Wildman–Crippen MR) is 86.2 cm³/mol. The highest BCUT2D eigenvalue weighted by Crippen LogP contribution is 2.42. The first-order valence-electron chi connectivity index (χ1n) is 6.88. The molecule has 6 nitrogen and oxygen atoms in total. The summed E-state index contributed by atoms with van der Waals surface area (Å²) in [6.07, 6.45) is 0. The molecule has 3 aromatic rings. The van der Waals surface area contributed by atoms with Gasteiger partial charge in [0.1, 0.15) is 5.82 Å². The van der Waals surface area contributed by atoms with E-state index < -0.39 is 0 Å². The summed E-state index contributed by atoms with van der Waals surface area (Å²) in [4.78, 5) is 18.2. The van der Waals surface area contributed by atoms with Gasteiger partial charge in [-0.25, -0.2) is 0 Å². The van der Waals surface area contributed by atoms with Crippen LogP contribution in [0.2, 0.25) is 0 Å². The summed E-state index contributed by atoms with van der Waals surface area (Å²) in [6.45, 7) is 1.95. The number of rotatable bonds is 1. The molecule has 0 amide bonds. The van der Waals surface area contributed by atoms with Gasteiger partial charge >= 0.3 is 0 Å². The fourth-order valence-corrected chi connectivity index (χ4v) is 3.19. The first-order chi connectivity index (χ1) is 10.6. The Morgan fingerprint density at radius 1 is 1.14 bits per heavy atom. The van der Waals surface area contributed by atoms with Crippen LogP contribution in [-0.4, -0.2) is 20.2 Å². The van der Waals surface area contributed by atoms with Crippen molar-refractivity contribution in [2.45, 2.75) is 12.8 Å². The van der Waals surface area contributed by atoms with Crippen LogP contribution in [0.3, 0.4) is 0 Å². The number of aromatic nitrogens is 4. The van der Waals surface area contributed by atoms with E-state index in [1.165, 1.54) is 0 Å². The van der Waals surface area contributed by atoms with E-state index in [4.69, 9.17) is 12.2 Å². The number of anilines is 2. The molecule has 0 spiro atoms. The maximum absolute atomic E-state index is 12.5. The summed E-state index contributed by atoms with van der Waals surface area (Å²) < 4.78 is 0.291. The lowest BCUT2D eigenvalue weighted by atomic mass is 9.83. The third-order valence-electron chi connectivity index (χ3n) is 3.93. The first kappa shape index (κ1) is 13.0. The zero-order chi connectivity index (χ0) is 15.3. The average molecular weight is 311 g/mol. The second-order valence-corrected chi connectivity index (χ2v) is 5.68. The minimum Gasteiger partial charge on any atom is -0.324 e. The molecule has 1 unspecified atom stereocenters. The summed E-state index contributed by atoms with van der Waals surface area (Å²) in [7, 11) is 0. The minimum absolute atomic E-state index is 0.189. The smallest absolute Gasteiger partial charge is 0.257 e. The molecule has 4 N–H and O–H groups in total. The summed E-state index contributed by atoms with van der Waals surface area (Å²) in [6, 6.07) is 9.91. The van der Waals surface area contributed by atoms with Crippen LogP contribution in [-0.2, 0) is 0 Å². The zero-order valence-electron chi connectivity index (χ0n) is 11.7. The highest BCUT2D eigenvalue weighted by atomic mass is 32.1. The average Bonchev–Trinajstić information content (AvgIpc) is 2.87. The molecule has 3 heterocycles. The van der Waals surface area contributed by atoms with Crippen LogP contribution in [0.15, 0.2) is 35.1 Å². The Kier molecular flexibility index (Phi) is 2.77. The van der Waals surface area contributed by atoms with Crippen molar-refractivity contribution in [1.29, 1.82) is 0 Å². The van der Waals surface area contributed by atoms with Crippen molar-refractivity contribution >= 4 is 23.9 Å². The number of aryl methyl sites for hydroxylation is 1. The highest BCUT2D eigenvalue weighted by Gasteiger charge is 2.33. The molecule has 4 rings (SSSR count). The lowest BCUT2D eigenvalue weighted by Gasteiger charge is -2.25. The second kappa shape index (κ2) is 4.67. The van der Waals surface area contributed by atoms with E-state index in [2.05, 4.69) is 25.5 Å². The van der Waals surface area contributed by atoms with E-state index >= 15 is 0 Å². The summed E-state index contributed by atoms with van der Waals surface area (Å²) in [5, 5.41) is 10.4. The van der Waals surface area contributed by atoms with Crippen LogP contribution in [0.25, 0.3) is 0 Å². The molecule has 110 valence electrons. The van der Waals surface area contributed by atoms with E-state index in [1.807, 2.05) is 37.3 Å². The van der Waals surface area contributed by atoms with Gasteiger partial charge in [0, 0.05) is 17.2 Å². The van der Waals surface area contributed by atoms with Crippen molar-refractivity contribution in [3.8, 4) is 0 Å². The van der Waals surface area contributed by atoms with Crippen molar-refractivity contribution < 1.29 is 0 Å². The molecular weight excluding hydrogens is 298 g/mol. The second-order valence-electron chi connectivity index (χ2n) is 5.28. The van der Waals surface area contributed by atoms with Gasteiger partial charge in [0.15, 0.2) is 10.6 Å². The van der Waals surface area contributed by atoms with E-state index in [9.17, 15) is 4.79 Å². The number of fused-ring (bicyclic) bond motifs is 2. The Hall–Kier alpha value is -2.67. The molecular formula is C15H13N5OS. The maximum Gasteiger partial charge on any atom is 0.257 e. The lowest BCUT2D eigenvalue weighted by Crippen LogP contribution is -2.25. The van der Waals surface area contributed by atoms with Crippen LogP contribution in [0.5, 0.6) is 0 Å². The van der Waals surface area contributed by atoms with Crippen LogP contribution < -0.4 is 10.9 Å². The van der Waals surface area contributed by atoms with Gasteiger partial charge in [0.25, 0.3) is 5.56 Å². The summed E-state index contributed by atoms with van der Waals surface area (Å²) in [5.74, 6) is 1.12. The molecule has 1 aliphatic heterocycles. The molecule has 1 aromatic carbocycles. The van der Waals surface area contributed by atoms with Gasteiger partial charge in [-0.2, -0.15) is 5.10 Å². The third-order valence-corrected chi connectivity index (χ3v) is 4.13. The first-order valence-corrected chi connectivity index (χ1v) is 7.29. The predicted octanol–water partition coefficient (Wildman–Crippen LogP) is 2.70. The van der Waals surface area contributed by atoms with Crippen LogP contribution in [0.1, 0.15) is 28.3 Å². The quantitative estimate of drug-likeness (QED) is 0.407. The molecule has 7 heteroatoms. The molecule has 0 bridgehead atoms. The fraction of sp³-hybridized carbons (Fsp3) is 0.133. The lowest BCUT2D eigenvalue weighted by molar-refractivity contribution is 0.892. The van der Waals surface area contributed by atoms with E-state index in [1.54, 1.807) is 0 Å². The van der Waals surface area contributed by atoms with Crippen LogP contribution >= 0.6 is 12.2 Å². The van der Waals surface area contributed by atoms with Gasteiger partial charge in [-0.15, -0.1) is 0 Å². The largest absolute Gasteiger partial charge is 0.324 e. The Bertz CT molecular complexity index is 970. The van der Waals surface area contributed by atoms with Crippen LogP contribution in [0.4, 0.5) is 11.6 Å². The van der Waals surface area contributed by atoms with Crippen molar-refractivity contribution in [1.82, 2.24) is 20.2 Å². The molecule has 1 aliphatic rings. The number of H-pyrrole nitrogens is 3. The molecule has 2 aromatic heterocycles. The molecule has 22 heavy (non-hydrogen) atoms. The number of hydrogen-bond acceptors (Lipinski definition) is 4. The Labute approximate surface area is 130 Å². The molecule has 0 saturated carbocycles. The van der Waals surface area contributed by atoms with Crippen LogP contribution in [0, 0.1) is 11.7 Å². The minimum atomic E-state index is -0.193. The topological polar surface area (TPSA) is 89.4 Å². The highest BCUT2D eigenvalue weighted by molar-refractivity contribution is 7.71. The van der Waals surface area contributed by atoms with Gasteiger partial charge in [0.2, 0.25) is 0 Å². The number of nitrogens with one attached hydrogen (secondary N) is 4. The van der Waals surface area contributed by atoms with E-state index in [-0.39, 0.29) is 11.5 Å². The van der Waals surface area contributed by atoms with E-state index in [0.717, 1.165) is 22.6 Å². The van der Waals surface area contributed by atoms with Gasteiger partial charge in [-0.3, -0.25) is 14.9 Å². The summed E-state index contributed by atoms with van der Waals surface area (Å²) >= 11 is 5.06. The van der Waals surface area contributed by atoms with Gasteiger partial charge in [-0.1, -0.05) is 30.3 Å². The number of nitrogens with zero attached hydrogens (tertiary/aromatic N) is 1. The maximum atomic E-state index is 12.5. The monoisotopic (exact) mass is 311 g/mol. The van der Waals surface area contributed by atoms with Crippen molar-refractivity contribution in [2.75, 3.05) is 5.32 Å². The van der Waals surface area contributed by atoms with E-state index in [0.29, 0.717) is 16.2 Å². The SMILES string of the molecule is Cc1[nH]nc2c1C(c1ccccc1)c1c([nH]c(=S)[nH]c1=O)N2. The third kappa shape index (κ3) is 1.82. The Balaban J connectivity index is 2.07. The standard InChI is InChI=1S/C15H13N5OS/c1-7-9-10(8-5-3-2-4-6-8)11-12(16-13(9)20-19-7)17-15(22)18-14(11)21/h2-6,10H,1H3,(H4,16,17,18,19,20,21,22). The van der Waals surface area contributed by atoms with Crippen molar-refractivity contribution in [2.24, 2.45) is 0 Å². The molecule has 0 fully saturated rings. The zero-order valence-corrected chi connectivity index (χ0v) is 12.5. The molecule has 1 atom stereocenters. The number of aromatic amines is 3. The van der Waals surface area contributed by atoms with Crippen molar-refractivity contribution in [3.05, 3.63) is 67.8 Å². The Morgan fingerprint density at radius 2 is 1.91 bits per heavy atom. The normalized spacial score (nSPS) is 15.8. The molecule has 0 radical (unpaired) electrons. The number of hydrogen-bond donors (Lipinski definition) is 4. The Morgan fingerprint density at radius 3 is 2.68 bits per heavy atom. The summed E-state index contributed by atoms with van der Waals surface area (Å²) in [5.41, 5.74) is 3.38. The molecule has 0 aliphatic carbocycles.